The van der Waals surface area contributed by atoms with Crippen molar-refractivity contribution in [3.63, 3.8) is 0 Å². The molecule has 18 heavy (non-hydrogen) atoms. The highest BCUT2D eigenvalue weighted by Crippen LogP contribution is 2.15. The monoisotopic (exact) mass is 243 g/mol. The van der Waals surface area contributed by atoms with Gasteiger partial charge in [0.05, 0.1) is 0 Å². The average Bonchev–Trinajstić information content (AvgIpc) is 2.38. The fourth-order valence-corrected chi connectivity index (χ4v) is 1.45. The van der Waals surface area contributed by atoms with Crippen LogP contribution in [0.3, 0.4) is 0 Å². The Labute approximate surface area is 105 Å². The van der Waals surface area contributed by atoms with Crippen LogP contribution in [-0.2, 0) is 4.79 Å². The average molecular weight is 243 g/mol. The lowest BCUT2D eigenvalue weighted by Crippen LogP contribution is -2.20. The molecule has 0 saturated carbocycles. The number of carbonyl (C=O) groups excluding carboxylic acids is 1. The van der Waals surface area contributed by atoms with Crippen molar-refractivity contribution in [1.82, 2.24) is 0 Å². The summed E-state index contributed by atoms with van der Waals surface area (Å²) in [6.07, 6.45) is 0. The number of rotatable bonds is 4. The third kappa shape index (κ3) is 3.52. The van der Waals surface area contributed by atoms with E-state index >= 15 is 0 Å². The Hall–Kier alpha value is -2.49. The summed E-state index contributed by atoms with van der Waals surface area (Å²) in [6, 6.07) is 15.5. The van der Waals surface area contributed by atoms with Crippen LogP contribution in [0.5, 0.6) is 11.5 Å². The van der Waals surface area contributed by atoms with Crippen LogP contribution in [0.1, 0.15) is 0 Å². The maximum absolute atomic E-state index is 11.6. The van der Waals surface area contributed by atoms with Crippen LogP contribution in [0.2, 0.25) is 0 Å². The number of nitrogens with one attached hydrogen (secondary N) is 1. The maximum atomic E-state index is 11.6. The van der Waals surface area contributed by atoms with E-state index in [9.17, 15) is 9.90 Å². The quantitative estimate of drug-likeness (QED) is 0.867. The summed E-state index contributed by atoms with van der Waals surface area (Å²) in [5.41, 5.74) is 0.539. The first-order chi connectivity index (χ1) is 8.74. The van der Waals surface area contributed by atoms with Gasteiger partial charge in [-0.05, 0) is 24.3 Å². The summed E-state index contributed by atoms with van der Waals surface area (Å²) in [7, 11) is 0. The summed E-state index contributed by atoms with van der Waals surface area (Å²) in [5.74, 6) is 0.477. The van der Waals surface area contributed by atoms with Crippen LogP contribution in [-0.4, -0.2) is 17.6 Å². The van der Waals surface area contributed by atoms with Crippen molar-refractivity contribution in [2.24, 2.45) is 0 Å². The second-order valence-electron chi connectivity index (χ2n) is 3.70. The lowest BCUT2D eigenvalue weighted by molar-refractivity contribution is -0.118. The molecular formula is C14H13NO3. The van der Waals surface area contributed by atoms with Gasteiger partial charge in [-0.3, -0.25) is 4.79 Å². The first-order valence-electron chi connectivity index (χ1n) is 5.51. The van der Waals surface area contributed by atoms with E-state index in [1.54, 1.807) is 24.3 Å². The number of benzene rings is 2. The predicted octanol–water partition coefficient (Wildman–Crippen LogP) is 2.41. The van der Waals surface area contributed by atoms with E-state index < -0.39 is 0 Å². The van der Waals surface area contributed by atoms with Gasteiger partial charge in [0.15, 0.2) is 6.61 Å². The van der Waals surface area contributed by atoms with E-state index in [1.807, 2.05) is 18.2 Å². The van der Waals surface area contributed by atoms with E-state index in [-0.39, 0.29) is 18.3 Å². The van der Waals surface area contributed by atoms with Gasteiger partial charge in [0.2, 0.25) is 0 Å². The number of carbonyl (C=O) groups is 1. The van der Waals surface area contributed by atoms with Gasteiger partial charge in [-0.2, -0.15) is 0 Å². The van der Waals surface area contributed by atoms with Gasteiger partial charge in [0.1, 0.15) is 11.5 Å². The van der Waals surface area contributed by atoms with Gasteiger partial charge >= 0.3 is 0 Å². The SMILES string of the molecule is O=C(COc1ccccc1)Nc1cccc(O)c1. The van der Waals surface area contributed by atoms with Gasteiger partial charge < -0.3 is 15.2 Å². The Bertz CT molecular complexity index is 526. The van der Waals surface area contributed by atoms with Crippen LogP contribution in [0.15, 0.2) is 54.6 Å². The number of hydrogen-bond donors (Lipinski definition) is 2. The molecule has 0 aromatic heterocycles. The molecule has 0 fully saturated rings. The van der Waals surface area contributed by atoms with Crippen molar-refractivity contribution in [1.29, 1.82) is 0 Å². The maximum Gasteiger partial charge on any atom is 0.262 e. The lowest BCUT2D eigenvalue weighted by atomic mass is 10.3. The van der Waals surface area contributed by atoms with Crippen LogP contribution in [0.25, 0.3) is 0 Å². The standard InChI is InChI=1S/C14H13NO3/c16-12-6-4-5-11(9-12)15-14(17)10-18-13-7-2-1-3-8-13/h1-9,16H,10H2,(H,15,17). The molecule has 0 heterocycles. The van der Waals surface area contributed by atoms with Crippen LogP contribution in [0.4, 0.5) is 5.69 Å². The van der Waals surface area contributed by atoms with Crippen molar-refractivity contribution in [3.05, 3.63) is 54.6 Å². The summed E-state index contributed by atoms with van der Waals surface area (Å²) >= 11 is 0. The summed E-state index contributed by atoms with van der Waals surface area (Å²) in [5, 5.41) is 11.9. The Morgan fingerprint density at radius 3 is 2.61 bits per heavy atom. The van der Waals surface area contributed by atoms with Crippen LogP contribution in [0, 0.1) is 0 Å². The zero-order chi connectivity index (χ0) is 12.8. The predicted molar refractivity (Wildman–Crippen MR) is 68.7 cm³/mol. The van der Waals surface area contributed by atoms with E-state index in [0.29, 0.717) is 11.4 Å². The number of amides is 1. The van der Waals surface area contributed by atoms with E-state index in [0.717, 1.165) is 0 Å². The van der Waals surface area contributed by atoms with Crippen molar-refractivity contribution >= 4 is 11.6 Å². The van der Waals surface area contributed by atoms with E-state index in [2.05, 4.69) is 5.32 Å². The number of phenolic OH excluding ortho intramolecular Hbond substituents is 1. The Morgan fingerprint density at radius 1 is 1.11 bits per heavy atom. The fraction of sp³-hybridized carbons (Fsp3) is 0.0714. The second kappa shape index (κ2) is 5.72. The highest BCUT2D eigenvalue weighted by Gasteiger charge is 2.03. The van der Waals surface area contributed by atoms with Gasteiger partial charge in [-0.25, -0.2) is 0 Å². The molecule has 0 spiro atoms. The third-order valence-corrected chi connectivity index (χ3v) is 2.24. The van der Waals surface area contributed by atoms with E-state index in [4.69, 9.17) is 4.74 Å². The van der Waals surface area contributed by atoms with Gasteiger partial charge in [0, 0.05) is 11.8 Å². The minimum absolute atomic E-state index is 0.0698. The van der Waals surface area contributed by atoms with Crippen molar-refractivity contribution in [2.45, 2.75) is 0 Å². The Balaban J connectivity index is 1.86. The largest absolute Gasteiger partial charge is 0.508 e. The molecule has 4 nitrogen and oxygen atoms in total. The lowest BCUT2D eigenvalue weighted by Gasteiger charge is -2.07. The minimum Gasteiger partial charge on any atom is -0.508 e. The van der Waals surface area contributed by atoms with Gasteiger partial charge in [0.25, 0.3) is 5.91 Å². The Morgan fingerprint density at radius 2 is 1.89 bits per heavy atom. The Kier molecular flexibility index (Phi) is 3.81. The molecule has 92 valence electrons. The number of hydrogen-bond acceptors (Lipinski definition) is 3. The number of anilines is 1. The van der Waals surface area contributed by atoms with Crippen molar-refractivity contribution in [2.75, 3.05) is 11.9 Å². The van der Waals surface area contributed by atoms with E-state index in [1.165, 1.54) is 12.1 Å². The van der Waals surface area contributed by atoms with Crippen LogP contribution < -0.4 is 10.1 Å². The third-order valence-electron chi connectivity index (χ3n) is 2.24. The molecule has 2 rings (SSSR count). The van der Waals surface area contributed by atoms with Crippen molar-refractivity contribution in [3.8, 4) is 11.5 Å². The molecule has 0 bridgehead atoms. The first kappa shape index (κ1) is 12.0. The van der Waals surface area contributed by atoms with Gasteiger partial charge in [-0.1, -0.05) is 24.3 Å². The summed E-state index contributed by atoms with van der Waals surface area (Å²) in [4.78, 5) is 11.6. The molecule has 4 heteroatoms. The molecule has 2 aromatic carbocycles. The molecule has 0 unspecified atom stereocenters. The summed E-state index contributed by atoms with van der Waals surface area (Å²) < 4.78 is 5.30. The molecule has 0 aliphatic carbocycles. The molecule has 0 aliphatic heterocycles. The smallest absolute Gasteiger partial charge is 0.262 e. The van der Waals surface area contributed by atoms with Gasteiger partial charge in [-0.15, -0.1) is 0 Å². The molecular weight excluding hydrogens is 230 g/mol. The molecule has 0 saturated heterocycles. The molecule has 1 amide bonds. The fourth-order valence-electron chi connectivity index (χ4n) is 1.45. The van der Waals surface area contributed by atoms with Crippen molar-refractivity contribution < 1.29 is 14.6 Å². The molecule has 0 aliphatic rings. The summed E-state index contributed by atoms with van der Waals surface area (Å²) in [6.45, 7) is -0.0698. The highest BCUT2D eigenvalue weighted by atomic mass is 16.5. The number of phenols is 1. The normalized spacial score (nSPS) is 9.78. The topological polar surface area (TPSA) is 58.6 Å². The molecule has 2 aromatic rings. The number of ether oxygens (including phenoxy) is 1. The highest BCUT2D eigenvalue weighted by molar-refractivity contribution is 5.92. The number of aromatic hydroxyl groups is 1. The minimum atomic E-state index is -0.274. The second-order valence-corrected chi connectivity index (χ2v) is 3.70. The van der Waals surface area contributed by atoms with Crippen LogP contribution >= 0.6 is 0 Å². The zero-order valence-electron chi connectivity index (χ0n) is 9.67. The number of para-hydroxylation sites is 1. The molecule has 2 N–H and O–H groups in total. The molecule has 0 atom stereocenters. The molecule has 0 radical (unpaired) electrons. The first-order valence-corrected chi connectivity index (χ1v) is 5.51. The zero-order valence-corrected chi connectivity index (χ0v) is 9.67.